The first-order valence-electron chi connectivity index (χ1n) is 4.10. The summed E-state index contributed by atoms with van der Waals surface area (Å²) in [4.78, 5) is 3.97. The van der Waals surface area contributed by atoms with Crippen molar-refractivity contribution in [1.29, 1.82) is 0 Å². The second kappa shape index (κ2) is 4.72. The van der Waals surface area contributed by atoms with E-state index >= 15 is 0 Å². The maximum atomic E-state index is 8.66. The van der Waals surface area contributed by atoms with Gasteiger partial charge in [-0.15, -0.1) is 0 Å². The largest absolute Gasteiger partial charge is 0.396 e. The molecule has 0 aliphatic carbocycles. The van der Waals surface area contributed by atoms with E-state index in [0.717, 1.165) is 12.1 Å². The minimum atomic E-state index is 0.217. The average Bonchev–Trinajstić information content (AvgIpc) is 2.06. The fourth-order valence-electron chi connectivity index (χ4n) is 0.998. The van der Waals surface area contributed by atoms with Crippen molar-refractivity contribution < 1.29 is 5.11 Å². The van der Waals surface area contributed by atoms with Crippen LogP contribution in [0, 0.1) is 0 Å². The van der Waals surface area contributed by atoms with Crippen molar-refractivity contribution in [1.82, 2.24) is 4.98 Å². The number of pyridine rings is 1. The van der Waals surface area contributed by atoms with Crippen molar-refractivity contribution in [3.63, 3.8) is 0 Å². The van der Waals surface area contributed by atoms with Crippen molar-refractivity contribution in [3.05, 3.63) is 24.5 Å². The van der Waals surface area contributed by atoms with Gasteiger partial charge in [0.05, 0.1) is 5.69 Å². The molecule has 1 aromatic rings. The number of aliphatic hydroxyl groups is 1. The van der Waals surface area contributed by atoms with Crippen molar-refractivity contribution >= 4 is 5.69 Å². The Hall–Kier alpha value is -1.09. The lowest BCUT2D eigenvalue weighted by Gasteiger charge is -2.12. The van der Waals surface area contributed by atoms with Crippen LogP contribution in [0.15, 0.2) is 24.5 Å². The first kappa shape index (κ1) is 9.00. The number of rotatable bonds is 4. The molecule has 1 rings (SSSR count). The van der Waals surface area contributed by atoms with E-state index in [9.17, 15) is 0 Å². The first-order valence-corrected chi connectivity index (χ1v) is 4.10. The summed E-state index contributed by atoms with van der Waals surface area (Å²) in [5.41, 5.74) is 0.999. The molecule has 0 saturated heterocycles. The Morgan fingerprint density at radius 3 is 3.08 bits per heavy atom. The lowest BCUT2D eigenvalue weighted by atomic mass is 10.2. The fourth-order valence-corrected chi connectivity index (χ4v) is 0.998. The Balaban J connectivity index is 2.41. The normalized spacial score (nSPS) is 12.5. The lowest BCUT2D eigenvalue weighted by molar-refractivity contribution is 0.282. The highest BCUT2D eigenvalue weighted by atomic mass is 16.3. The summed E-state index contributed by atoms with van der Waals surface area (Å²) in [6, 6.07) is 4.13. The van der Waals surface area contributed by atoms with E-state index in [1.165, 1.54) is 0 Å². The summed E-state index contributed by atoms with van der Waals surface area (Å²) in [6.45, 7) is 2.25. The summed E-state index contributed by atoms with van der Waals surface area (Å²) in [5.74, 6) is 0. The van der Waals surface area contributed by atoms with Crippen LogP contribution in [0.1, 0.15) is 13.3 Å². The molecule has 66 valence electrons. The smallest absolute Gasteiger partial charge is 0.0528 e. The Morgan fingerprint density at radius 1 is 1.67 bits per heavy atom. The molecule has 2 N–H and O–H groups in total. The highest BCUT2D eigenvalue weighted by Crippen LogP contribution is 2.05. The third-order valence-corrected chi connectivity index (χ3v) is 1.64. The van der Waals surface area contributed by atoms with Gasteiger partial charge in [-0.05, 0) is 25.5 Å². The van der Waals surface area contributed by atoms with Crippen LogP contribution in [-0.2, 0) is 0 Å². The minimum Gasteiger partial charge on any atom is -0.396 e. The van der Waals surface area contributed by atoms with Gasteiger partial charge in [0.15, 0.2) is 0 Å². The quantitative estimate of drug-likeness (QED) is 0.708. The van der Waals surface area contributed by atoms with Gasteiger partial charge in [-0.2, -0.15) is 0 Å². The monoisotopic (exact) mass is 166 g/mol. The van der Waals surface area contributed by atoms with Crippen LogP contribution in [0.25, 0.3) is 0 Å². The summed E-state index contributed by atoms with van der Waals surface area (Å²) in [5, 5.41) is 11.9. The predicted molar refractivity (Wildman–Crippen MR) is 49.0 cm³/mol. The summed E-state index contributed by atoms with van der Waals surface area (Å²) in [6.07, 6.45) is 4.27. The zero-order valence-corrected chi connectivity index (χ0v) is 7.20. The van der Waals surface area contributed by atoms with E-state index in [4.69, 9.17) is 5.11 Å². The number of hydrogen-bond acceptors (Lipinski definition) is 3. The number of nitrogens with one attached hydrogen (secondary N) is 1. The van der Waals surface area contributed by atoms with E-state index in [1.807, 2.05) is 19.1 Å². The molecule has 1 aromatic heterocycles. The van der Waals surface area contributed by atoms with Gasteiger partial charge in [-0.3, -0.25) is 4.98 Å². The molecule has 1 unspecified atom stereocenters. The number of hydrogen-bond donors (Lipinski definition) is 2. The number of aliphatic hydroxyl groups excluding tert-OH is 1. The molecule has 1 heterocycles. The van der Waals surface area contributed by atoms with Gasteiger partial charge in [0, 0.05) is 25.0 Å². The van der Waals surface area contributed by atoms with Gasteiger partial charge < -0.3 is 10.4 Å². The third-order valence-electron chi connectivity index (χ3n) is 1.64. The van der Waals surface area contributed by atoms with E-state index in [-0.39, 0.29) is 6.61 Å². The summed E-state index contributed by atoms with van der Waals surface area (Å²) < 4.78 is 0. The highest BCUT2D eigenvalue weighted by Gasteiger charge is 1.99. The Morgan fingerprint density at radius 2 is 2.50 bits per heavy atom. The molecule has 12 heavy (non-hydrogen) atoms. The second-order valence-electron chi connectivity index (χ2n) is 2.80. The predicted octanol–water partition coefficient (Wildman–Crippen LogP) is 1.26. The summed E-state index contributed by atoms with van der Waals surface area (Å²) >= 11 is 0. The van der Waals surface area contributed by atoms with Gasteiger partial charge in [-0.1, -0.05) is 0 Å². The van der Waals surface area contributed by atoms with Crippen LogP contribution in [-0.4, -0.2) is 22.7 Å². The fraction of sp³-hybridized carbons (Fsp3) is 0.444. The molecule has 3 heteroatoms. The van der Waals surface area contributed by atoms with Crippen LogP contribution in [0.5, 0.6) is 0 Å². The van der Waals surface area contributed by atoms with Crippen LogP contribution in [0.2, 0.25) is 0 Å². The number of aromatic nitrogens is 1. The SMILES string of the molecule is CC(CCO)Nc1cccnc1. The first-order chi connectivity index (χ1) is 5.83. The molecule has 1 atom stereocenters. The lowest BCUT2D eigenvalue weighted by Crippen LogP contribution is -2.16. The molecule has 0 saturated carbocycles. The number of nitrogens with zero attached hydrogens (tertiary/aromatic N) is 1. The van der Waals surface area contributed by atoms with Crippen LogP contribution in [0.3, 0.4) is 0 Å². The molecule has 0 radical (unpaired) electrons. The van der Waals surface area contributed by atoms with Gasteiger partial charge >= 0.3 is 0 Å². The molecule has 0 aliphatic rings. The summed E-state index contributed by atoms with van der Waals surface area (Å²) in [7, 11) is 0. The molecular weight excluding hydrogens is 152 g/mol. The van der Waals surface area contributed by atoms with Crippen molar-refractivity contribution in [2.45, 2.75) is 19.4 Å². The molecule has 0 aliphatic heterocycles. The zero-order valence-electron chi connectivity index (χ0n) is 7.20. The minimum absolute atomic E-state index is 0.217. The number of anilines is 1. The molecule has 0 amide bonds. The van der Waals surface area contributed by atoms with Crippen molar-refractivity contribution in [3.8, 4) is 0 Å². The van der Waals surface area contributed by atoms with Crippen LogP contribution >= 0.6 is 0 Å². The van der Waals surface area contributed by atoms with E-state index in [0.29, 0.717) is 6.04 Å². The molecule has 3 nitrogen and oxygen atoms in total. The van der Waals surface area contributed by atoms with Gasteiger partial charge in [0.2, 0.25) is 0 Å². The second-order valence-corrected chi connectivity index (χ2v) is 2.80. The maximum Gasteiger partial charge on any atom is 0.0528 e. The standard InChI is InChI=1S/C9H14N2O/c1-8(4-6-12)11-9-3-2-5-10-7-9/h2-3,5,7-8,11-12H,4,6H2,1H3. The molecule has 0 spiro atoms. The van der Waals surface area contributed by atoms with E-state index in [2.05, 4.69) is 10.3 Å². The Kier molecular flexibility index (Phi) is 3.54. The topological polar surface area (TPSA) is 45.1 Å². The maximum absolute atomic E-state index is 8.66. The Bertz CT molecular complexity index is 213. The Labute approximate surface area is 72.5 Å². The van der Waals surface area contributed by atoms with E-state index < -0.39 is 0 Å². The van der Waals surface area contributed by atoms with Crippen molar-refractivity contribution in [2.75, 3.05) is 11.9 Å². The van der Waals surface area contributed by atoms with Gasteiger partial charge in [0.25, 0.3) is 0 Å². The average molecular weight is 166 g/mol. The highest BCUT2D eigenvalue weighted by molar-refractivity contribution is 5.40. The molecule has 0 aromatic carbocycles. The zero-order chi connectivity index (χ0) is 8.81. The van der Waals surface area contributed by atoms with Gasteiger partial charge in [0.1, 0.15) is 0 Å². The van der Waals surface area contributed by atoms with Crippen LogP contribution in [0.4, 0.5) is 5.69 Å². The third kappa shape index (κ3) is 2.88. The van der Waals surface area contributed by atoms with Gasteiger partial charge in [-0.25, -0.2) is 0 Å². The van der Waals surface area contributed by atoms with E-state index in [1.54, 1.807) is 12.4 Å². The van der Waals surface area contributed by atoms with Crippen molar-refractivity contribution in [2.24, 2.45) is 0 Å². The molecule has 0 fully saturated rings. The van der Waals surface area contributed by atoms with Crippen LogP contribution < -0.4 is 5.32 Å². The molecular formula is C9H14N2O. The molecule has 0 bridgehead atoms.